The number of carbonyl (C=O) groups excluding carboxylic acids is 2. The molecule has 10 nitrogen and oxygen atoms in total. The van der Waals surface area contributed by atoms with Gasteiger partial charge in [-0.2, -0.15) is 0 Å². The number of nitrogens with one attached hydrogen (secondary N) is 2. The van der Waals surface area contributed by atoms with Crippen LogP contribution in [-0.4, -0.2) is 70.3 Å². The summed E-state index contributed by atoms with van der Waals surface area (Å²) < 4.78 is 10.6. The summed E-state index contributed by atoms with van der Waals surface area (Å²) in [6, 6.07) is 5.32. The SMILES string of the molecule is CCC(=O)N1CC2(CCN(C(=O)Nc3c(C)noc3C)CC2)c2c([nH]c3cc(OC)ccc23)[C@H]1CO. The minimum atomic E-state index is -0.433. The second-order valence-electron chi connectivity index (χ2n) is 9.80. The van der Waals surface area contributed by atoms with Crippen molar-refractivity contribution in [3.8, 4) is 5.75 Å². The molecule has 2 aromatic heterocycles. The van der Waals surface area contributed by atoms with Gasteiger partial charge in [0.25, 0.3) is 0 Å². The van der Waals surface area contributed by atoms with Gasteiger partial charge in [-0.1, -0.05) is 12.1 Å². The molecule has 192 valence electrons. The summed E-state index contributed by atoms with van der Waals surface area (Å²) in [5.74, 6) is 1.32. The van der Waals surface area contributed by atoms with Crippen LogP contribution >= 0.6 is 0 Å². The maximum absolute atomic E-state index is 13.1. The Morgan fingerprint density at radius 1 is 1.31 bits per heavy atom. The van der Waals surface area contributed by atoms with Gasteiger partial charge in [0, 0.05) is 54.1 Å². The molecule has 3 N–H and O–H groups in total. The second-order valence-corrected chi connectivity index (χ2v) is 9.80. The van der Waals surface area contributed by atoms with Gasteiger partial charge in [-0.3, -0.25) is 4.79 Å². The van der Waals surface area contributed by atoms with E-state index in [1.807, 2.05) is 30.0 Å². The molecule has 0 bridgehead atoms. The number of anilines is 1. The van der Waals surface area contributed by atoms with Gasteiger partial charge in [0.15, 0.2) is 5.76 Å². The van der Waals surface area contributed by atoms with Crippen molar-refractivity contribution in [1.29, 1.82) is 0 Å². The number of piperidine rings is 1. The minimum Gasteiger partial charge on any atom is -0.497 e. The Bertz CT molecular complexity index is 1280. The van der Waals surface area contributed by atoms with Crippen LogP contribution in [0.4, 0.5) is 10.5 Å². The topological polar surface area (TPSA) is 124 Å². The zero-order chi connectivity index (χ0) is 25.6. The van der Waals surface area contributed by atoms with Crippen LogP contribution in [0.3, 0.4) is 0 Å². The van der Waals surface area contributed by atoms with E-state index in [0.717, 1.165) is 27.9 Å². The number of fused-ring (bicyclic) bond motifs is 4. The molecule has 1 saturated heterocycles. The summed E-state index contributed by atoms with van der Waals surface area (Å²) >= 11 is 0. The molecule has 1 atom stereocenters. The molecule has 0 unspecified atom stereocenters. The number of benzene rings is 1. The molecule has 36 heavy (non-hydrogen) atoms. The number of ether oxygens (including phenoxy) is 1. The van der Waals surface area contributed by atoms with Gasteiger partial charge in [0.2, 0.25) is 5.91 Å². The highest BCUT2D eigenvalue weighted by Gasteiger charge is 2.48. The number of hydrogen-bond acceptors (Lipinski definition) is 6. The monoisotopic (exact) mass is 495 g/mol. The first-order chi connectivity index (χ1) is 17.3. The molecule has 0 aliphatic carbocycles. The zero-order valence-corrected chi connectivity index (χ0v) is 21.2. The number of aromatic nitrogens is 2. The van der Waals surface area contributed by atoms with Crippen molar-refractivity contribution < 1.29 is 24.0 Å². The zero-order valence-electron chi connectivity index (χ0n) is 21.2. The lowest BCUT2D eigenvalue weighted by Gasteiger charge is -2.50. The van der Waals surface area contributed by atoms with Gasteiger partial charge in [0.05, 0.1) is 19.8 Å². The van der Waals surface area contributed by atoms with Crippen molar-refractivity contribution >= 4 is 28.5 Å². The third-order valence-electron chi connectivity index (χ3n) is 7.82. The number of urea groups is 1. The van der Waals surface area contributed by atoms with Crippen LogP contribution in [0.2, 0.25) is 0 Å². The van der Waals surface area contributed by atoms with Gasteiger partial charge < -0.3 is 34.5 Å². The summed E-state index contributed by atoms with van der Waals surface area (Å²) in [7, 11) is 1.63. The number of methoxy groups -OCH3 is 1. The summed E-state index contributed by atoms with van der Waals surface area (Å²) in [5.41, 5.74) is 3.85. The first-order valence-corrected chi connectivity index (χ1v) is 12.4. The van der Waals surface area contributed by atoms with Crippen molar-refractivity contribution in [3.63, 3.8) is 0 Å². The predicted molar refractivity (Wildman–Crippen MR) is 134 cm³/mol. The van der Waals surface area contributed by atoms with Gasteiger partial charge in [-0.15, -0.1) is 0 Å². The Morgan fingerprint density at radius 2 is 2.06 bits per heavy atom. The van der Waals surface area contributed by atoms with Crippen molar-refractivity contribution in [2.24, 2.45) is 0 Å². The number of amides is 3. The van der Waals surface area contributed by atoms with Crippen LogP contribution in [0.5, 0.6) is 5.75 Å². The highest BCUT2D eigenvalue weighted by Crippen LogP contribution is 2.49. The van der Waals surface area contributed by atoms with Gasteiger partial charge in [0.1, 0.15) is 17.1 Å². The molecule has 2 aliphatic heterocycles. The standard InChI is InChI=1S/C26H33N5O5/c1-5-21(33)31-14-26(8-10-30(11-9-26)25(34)28-23-15(2)29-36-16(23)3)22-18-7-6-17(35-4)12-19(18)27-24(22)20(31)13-32/h6-7,12,20,27,32H,5,8-11,13-14H2,1-4H3,(H,28,34)/t20-/m1/s1. The Hall–Kier alpha value is -3.53. The first kappa shape index (κ1) is 24.2. The van der Waals surface area contributed by atoms with Crippen molar-refractivity contribution in [1.82, 2.24) is 19.9 Å². The lowest BCUT2D eigenvalue weighted by atomic mass is 9.68. The van der Waals surface area contributed by atoms with Crippen LogP contribution in [0.25, 0.3) is 10.9 Å². The van der Waals surface area contributed by atoms with E-state index in [4.69, 9.17) is 9.26 Å². The quantitative estimate of drug-likeness (QED) is 0.508. The van der Waals surface area contributed by atoms with E-state index in [0.29, 0.717) is 56.0 Å². The number of aryl methyl sites for hydroxylation is 2. The largest absolute Gasteiger partial charge is 0.497 e. The fourth-order valence-electron chi connectivity index (χ4n) is 5.87. The molecular weight excluding hydrogens is 462 g/mol. The van der Waals surface area contributed by atoms with Gasteiger partial charge in [-0.05, 0) is 44.4 Å². The third kappa shape index (κ3) is 3.80. The van der Waals surface area contributed by atoms with Crippen molar-refractivity contribution in [2.75, 3.05) is 38.7 Å². The van der Waals surface area contributed by atoms with E-state index in [1.54, 1.807) is 25.9 Å². The van der Waals surface area contributed by atoms with Crippen LogP contribution in [0.15, 0.2) is 22.7 Å². The van der Waals surface area contributed by atoms with Crippen LogP contribution in [0, 0.1) is 13.8 Å². The normalized spacial score (nSPS) is 19.0. The smallest absolute Gasteiger partial charge is 0.321 e. The molecule has 1 aromatic carbocycles. The molecule has 4 heterocycles. The number of likely N-dealkylation sites (tertiary alicyclic amines) is 1. The van der Waals surface area contributed by atoms with Crippen molar-refractivity contribution in [3.05, 3.63) is 40.9 Å². The molecule has 0 radical (unpaired) electrons. The summed E-state index contributed by atoms with van der Waals surface area (Å²) in [6.45, 7) is 6.83. The molecule has 3 aromatic rings. The fourth-order valence-corrected chi connectivity index (χ4v) is 5.87. The predicted octanol–water partition coefficient (Wildman–Crippen LogP) is 3.63. The number of carbonyl (C=O) groups is 2. The van der Waals surface area contributed by atoms with Crippen LogP contribution in [0.1, 0.15) is 54.9 Å². The third-order valence-corrected chi connectivity index (χ3v) is 7.82. The van der Waals surface area contributed by atoms with E-state index < -0.39 is 6.04 Å². The summed E-state index contributed by atoms with van der Waals surface area (Å²) in [6.07, 6.45) is 1.75. The van der Waals surface area contributed by atoms with Crippen LogP contribution < -0.4 is 10.1 Å². The Labute approximate surface area is 209 Å². The lowest BCUT2D eigenvalue weighted by molar-refractivity contribution is -0.137. The lowest BCUT2D eigenvalue weighted by Crippen LogP contribution is -2.56. The molecule has 1 fully saturated rings. The molecule has 0 saturated carbocycles. The van der Waals surface area contributed by atoms with E-state index in [2.05, 4.69) is 15.5 Å². The summed E-state index contributed by atoms with van der Waals surface area (Å²) in [5, 5.41) is 18.3. The number of aliphatic hydroxyl groups is 1. The maximum atomic E-state index is 13.1. The van der Waals surface area contributed by atoms with E-state index in [1.165, 1.54) is 0 Å². The Kier molecular flexibility index (Phi) is 6.15. The van der Waals surface area contributed by atoms with Crippen LogP contribution in [-0.2, 0) is 10.2 Å². The van der Waals surface area contributed by atoms with E-state index in [-0.39, 0.29) is 24.0 Å². The summed E-state index contributed by atoms with van der Waals surface area (Å²) in [4.78, 5) is 33.2. The number of hydrogen-bond donors (Lipinski definition) is 3. The molecule has 3 amide bonds. The Balaban J connectivity index is 1.49. The van der Waals surface area contributed by atoms with E-state index >= 15 is 0 Å². The average Bonchev–Trinajstić information content (AvgIpc) is 3.43. The second kappa shape index (κ2) is 9.16. The molecule has 2 aliphatic rings. The van der Waals surface area contributed by atoms with Gasteiger partial charge in [-0.25, -0.2) is 4.79 Å². The fraction of sp³-hybridized carbons (Fsp3) is 0.500. The average molecular weight is 496 g/mol. The molecule has 1 spiro atoms. The molecular formula is C26H33N5O5. The first-order valence-electron chi connectivity index (χ1n) is 12.4. The van der Waals surface area contributed by atoms with Crippen molar-refractivity contribution in [2.45, 2.75) is 51.5 Å². The van der Waals surface area contributed by atoms with Gasteiger partial charge >= 0.3 is 6.03 Å². The number of aliphatic hydroxyl groups excluding tert-OH is 1. The maximum Gasteiger partial charge on any atom is 0.321 e. The number of nitrogens with zero attached hydrogens (tertiary/aromatic N) is 3. The Morgan fingerprint density at radius 3 is 2.67 bits per heavy atom. The molecule has 10 heteroatoms. The highest BCUT2D eigenvalue weighted by molar-refractivity contribution is 5.91. The highest BCUT2D eigenvalue weighted by atomic mass is 16.5. The number of aromatic amines is 1. The number of H-pyrrole nitrogens is 1. The van der Waals surface area contributed by atoms with E-state index in [9.17, 15) is 14.7 Å². The number of rotatable bonds is 4. The minimum absolute atomic E-state index is 0.00823. The molecule has 5 rings (SSSR count).